The Morgan fingerprint density at radius 3 is 2.64 bits per heavy atom. The van der Waals surface area contributed by atoms with E-state index in [2.05, 4.69) is 4.98 Å². The third kappa shape index (κ3) is 1.76. The molecule has 0 aromatic carbocycles. The van der Waals surface area contributed by atoms with Crippen LogP contribution >= 0.6 is 0 Å². The number of nitrogens with zero attached hydrogens (tertiary/aromatic N) is 2. The van der Waals surface area contributed by atoms with Gasteiger partial charge in [0.1, 0.15) is 0 Å². The summed E-state index contributed by atoms with van der Waals surface area (Å²) in [5.41, 5.74) is -0.960. The highest BCUT2D eigenvalue weighted by Gasteiger charge is 2.22. The highest BCUT2D eigenvalue weighted by Crippen LogP contribution is 2.32. The normalized spacial score (nSPS) is 10.6. The van der Waals surface area contributed by atoms with Gasteiger partial charge in [-0.05, 0) is 9.91 Å². The Balaban J connectivity index is 3.35. The zero-order valence-corrected chi connectivity index (χ0v) is 7.07. The largest absolute Gasteiger partial charge is 0.504 e. The molecule has 0 aliphatic carbocycles. The van der Waals surface area contributed by atoms with Gasteiger partial charge in [0.2, 0.25) is 0 Å². The fourth-order valence-electron chi connectivity index (χ4n) is 0.933. The lowest BCUT2D eigenvalue weighted by Gasteiger charge is -2.03. The molecule has 5 nitrogen and oxygen atoms in total. The van der Waals surface area contributed by atoms with Crippen molar-refractivity contribution in [1.29, 1.82) is 0 Å². The highest BCUT2D eigenvalue weighted by atomic mass is 19.3. The van der Waals surface area contributed by atoms with Gasteiger partial charge in [-0.3, -0.25) is 0 Å². The number of alkyl halides is 2. The van der Waals surface area contributed by atoms with Gasteiger partial charge in [-0.1, -0.05) is 0 Å². The molecule has 0 aliphatic heterocycles. The Morgan fingerprint density at radius 2 is 2.21 bits per heavy atom. The summed E-state index contributed by atoms with van der Waals surface area (Å²) in [6.07, 6.45) is -2.96. The zero-order valence-electron chi connectivity index (χ0n) is 7.07. The molecule has 0 spiro atoms. The topological polar surface area (TPSA) is 76.3 Å². The maximum Gasteiger partial charge on any atom is 0.364 e. The molecular weight excluding hydrogens is 198 g/mol. The summed E-state index contributed by atoms with van der Waals surface area (Å²) in [6, 6.07) is 0.562. The van der Waals surface area contributed by atoms with Crippen molar-refractivity contribution < 1.29 is 18.8 Å². The van der Waals surface area contributed by atoms with E-state index in [1.54, 1.807) is 0 Å². The monoisotopic (exact) mass is 204 g/mol. The number of pyridine rings is 1. The third-order valence-electron chi connectivity index (χ3n) is 1.61. The van der Waals surface area contributed by atoms with Crippen LogP contribution in [0, 0.1) is 17.0 Å². The van der Waals surface area contributed by atoms with E-state index in [-0.39, 0.29) is 5.69 Å². The van der Waals surface area contributed by atoms with E-state index in [1.807, 2.05) is 0 Å². The summed E-state index contributed by atoms with van der Waals surface area (Å²) in [5.74, 6) is -1.40. The van der Waals surface area contributed by atoms with Gasteiger partial charge in [0.15, 0.2) is 11.4 Å². The van der Waals surface area contributed by atoms with E-state index >= 15 is 0 Å². The Labute approximate surface area is 77.2 Å². The van der Waals surface area contributed by atoms with E-state index in [0.717, 1.165) is 0 Å². The summed E-state index contributed by atoms with van der Waals surface area (Å²) in [4.78, 5) is 12.7. The second kappa shape index (κ2) is 3.52. The number of hydrogen-bond donors (Lipinski definition) is 1. The minimum absolute atomic E-state index is 0.186. The van der Waals surface area contributed by atoms with Gasteiger partial charge in [-0.15, -0.1) is 0 Å². The summed E-state index contributed by atoms with van der Waals surface area (Å²) < 4.78 is 24.5. The van der Waals surface area contributed by atoms with Crippen LogP contribution in [0.3, 0.4) is 0 Å². The van der Waals surface area contributed by atoms with Crippen LogP contribution in [0.5, 0.6) is 5.75 Å². The quantitative estimate of drug-likeness (QED) is 0.589. The highest BCUT2D eigenvalue weighted by molar-refractivity contribution is 5.42. The predicted molar refractivity (Wildman–Crippen MR) is 42.3 cm³/mol. The molecule has 1 rings (SSSR count). The lowest BCUT2D eigenvalue weighted by Crippen LogP contribution is -1.98. The second-order valence-corrected chi connectivity index (χ2v) is 2.56. The fraction of sp³-hybridized carbons (Fsp3) is 0.286. The molecule has 0 saturated heterocycles. The predicted octanol–water partition coefficient (Wildman–Crippen LogP) is 1.94. The standard InChI is InChI=1S/C7H6F2N2O3/c1-3-6(12)4(7(8)9)2-5(10-3)11(13)14/h2,7,12H,1H3. The van der Waals surface area contributed by atoms with E-state index in [9.17, 15) is 18.9 Å². The first kappa shape index (κ1) is 10.3. The summed E-state index contributed by atoms with van der Waals surface area (Å²) in [7, 11) is 0. The van der Waals surface area contributed by atoms with Gasteiger partial charge in [-0.2, -0.15) is 0 Å². The van der Waals surface area contributed by atoms with Crippen molar-refractivity contribution in [3.05, 3.63) is 27.4 Å². The molecular formula is C7H6F2N2O3. The summed E-state index contributed by atoms with van der Waals surface area (Å²) in [6.45, 7) is 1.22. The van der Waals surface area contributed by atoms with Crippen molar-refractivity contribution in [1.82, 2.24) is 4.98 Å². The maximum atomic E-state index is 12.2. The van der Waals surface area contributed by atoms with Gasteiger partial charge in [0.25, 0.3) is 6.43 Å². The Kier molecular flexibility index (Phi) is 2.59. The molecule has 0 unspecified atom stereocenters. The van der Waals surface area contributed by atoms with E-state index in [1.165, 1.54) is 6.92 Å². The molecule has 14 heavy (non-hydrogen) atoms. The number of rotatable bonds is 2. The molecule has 1 heterocycles. The van der Waals surface area contributed by atoms with Crippen LogP contribution in [-0.2, 0) is 0 Å². The van der Waals surface area contributed by atoms with E-state index in [0.29, 0.717) is 6.07 Å². The molecule has 0 aliphatic rings. The molecule has 1 aromatic heterocycles. The molecule has 1 aromatic rings. The van der Waals surface area contributed by atoms with Crippen molar-refractivity contribution in [3.8, 4) is 5.75 Å². The Hall–Kier alpha value is -1.79. The number of aromatic hydroxyl groups is 1. The van der Waals surface area contributed by atoms with Crippen molar-refractivity contribution in [2.75, 3.05) is 0 Å². The number of aryl methyl sites for hydroxylation is 1. The van der Waals surface area contributed by atoms with Crippen molar-refractivity contribution in [3.63, 3.8) is 0 Å². The maximum absolute atomic E-state index is 12.2. The SMILES string of the molecule is Cc1nc([N+](=O)[O-])cc(C(F)F)c1O. The molecule has 0 bridgehead atoms. The third-order valence-corrected chi connectivity index (χ3v) is 1.61. The van der Waals surface area contributed by atoms with E-state index < -0.39 is 28.5 Å². The van der Waals surface area contributed by atoms with Crippen molar-refractivity contribution in [2.45, 2.75) is 13.3 Å². The minimum Gasteiger partial charge on any atom is -0.504 e. The molecule has 0 atom stereocenters. The molecule has 0 amide bonds. The number of aromatic nitrogens is 1. The number of hydrogen-bond acceptors (Lipinski definition) is 4. The molecule has 76 valence electrons. The van der Waals surface area contributed by atoms with Crippen molar-refractivity contribution >= 4 is 5.82 Å². The van der Waals surface area contributed by atoms with E-state index in [4.69, 9.17) is 5.11 Å². The second-order valence-electron chi connectivity index (χ2n) is 2.56. The van der Waals surface area contributed by atoms with Gasteiger partial charge >= 0.3 is 5.82 Å². The van der Waals surface area contributed by atoms with Gasteiger partial charge in [-0.25, -0.2) is 8.78 Å². The van der Waals surface area contributed by atoms with Crippen LogP contribution < -0.4 is 0 Å². The smallest absolute Gasteiger partial charge is 0.364 e. The first-order valence-electron chi connectivity index (χ1n) is 3.56. The lowest BCUT2D eigenvalue weighted by molar-refractivity contribution is -0.389. The Morgan fingerprint density at radius 1 is 1.64 bits per heavy atom. The fourth-order valence-corrected chi connectivity index (χ4v) is 0.933. The van der Waals surface area contributed by atoms with Gasteiger partial charge < -0.3 is 15.2 Å². The van der Waals surface area contributed by atoms with Crippen LogP contribution in [0.2, 0.25) is 0 Å². The summed E-state index contributed by atoms with van der Waals surface area (Å²) in [5, 5.41) is 19.4. The molecule has 0 radical (unpaired) electrons. The Bertz CT molecular complexity index is 381. The van der Waals surface area contributed by atoms with Crippen LogP contribution in [0.4, 0.5) is 14.6 Å². The zero-order chi connectivity index (χ0) is 10.9. The average Bonchev–Trinajstić information content (AvgIpc) is 2.08. The van der Waals surface area contributed by atoms with Crippen LogP contribution in [-0.4, -0.2) is 15.0 Å². The van der Waals surface area contributed by atoms with Gasteiger partial charge in [0.05, 0.1) is 5.56 Å². The lowest BCUT2D eigenvalue weighted by atomic mass is 10.2. The molecule has 7 heteroatoms. The first-order chi connectivity index (χ1) is 6.43. The first-order valence-corrected chi connectivity index (χ1v) is 3.56. The van der Waals surface area contributed by atoms with Crippen LogP contribution in [0.15, 0.2) is 6.07 Å². The van der Waals surface area contributed by atoms with Crippen LogP contribution in [0.1, 0.15) is 17.7 Å². The average molecular weight is 204 g/mol. The number of halogens is 2. The van der Waals surface area contributed by atoms with Gasteiger partial charge in [0, 0.05) is 13.0 Å². The molecule has 0 saturated carbocycles. The minimum atomic E-state index is -2.96. The molecule has 1 N–H and O–H groups in total. The molecule has 0 fully saturated rings. The summed E-state index contributed by atoms with van der Waals surface area (Å²) >= 11 is 0. The van der Waals surface area contributed by atoms with Crippen LogP contribution in [0.25, 0.3) is 0 Å². The van der Waals surface area contributed by atoms with Crippen molar-refractivity contribution in [2.24, 2.45) is 0 Å². The number of nitro groups is 1.